The van der Waals surface area contributed by atoms with Crippen LogP contribution in [-0.2, 0) is 15.8 Å². The van der Waals surface area contributed by atoms with E-state index < -0.39 is 8.32 Å². The van der Waals surface area contributed by atoms with Crippen LogP contribution in [0.25, 0.3) is 0 Å². The molecule has 25 heavy (non-hydrogen) atoms. The molecule has 0 radical (unpaired) electrons. The molecule has 0 amide bonds. The Morgan fingerprint density at radius 3 is 2.44 bits per heavy atom. The number of carbonyl (C=O) groups excluding carboxylic acids is 1. The number of nitrogens with zero attached hydrogens (tertiary/aromatic N) is 2. The second-order valence-electron chi connectivity index (χ2n) is 8.17. The van der Waals surface area contributed by atoms with Crippen LogP contribution in [0.4, 0.5) is 5.69 Å². The monoisotopic (exact) mass is 364 g/mol. The maximum Gasteiger partial charge on any atom is 0.356 e. The molecule has 1 aliphatic heterocycles. The molecule has 1 aromatic rings. The minimum Gasteiger partial charge on any atom is -0.461 e. The van der Waals surface area contributed by atoms with Gasteiger partial charge in [-0.2, -0.15) is 0 Å². The van der Waals surface area contributed by atoms with E-state index in [1.807, 2.05) is 13.0 Å². The third-order valence-electron chi connectivity index (χ3n) is 5.21. The van der Waals surface area contributed by atoms with Gasteiger partial charge in [0.2, 0.25) is 0 Å². The summed E-state index contributed by atoms with van der Waals surface area (Å²) in [7, 11) is -1.87. The van der Waals surface area contributed by atoms with E-state index in [4.69, 9.17) is 9.16 Å². The average molecular weight is 365 g/mol. The van der Waals surface area contributed by atoms with Gasteiger partial charge in [0.25, 0.3) is 0 Å². The Balaban J connectivity index is 2.25. The van der Waals surface area contributed by atoms with Crippen LogP contribution in [0.1, 0.15) is 56.7 Å². The lowest BCUT2D eigenvalue weighted by molar-refractivity contribution is 0.0519. The highest BCUT2D eigenvalue weighted by atomic mass is 28.4. The largest absolute Gasteiger partial charge is 0.461 e. The molecule has 0 bridgehead atoms. The predicted molar refractivity (Wildman–Crippen MR) is 104 cm³/mol. The zero-order chi connectivity index (χ0) is 18.7. The summed E-state index contributed by atoms with van der Waals surface area (Å²) in [5, 5.41) is 0.142. The van der Waals surface area contributed by atoms with E-state index in [-0.39, 0.29) is 11.0 Å². The number of esters is 1. The van der Waals surface area contributed by atoms with Crippen molar-refractivity contribution in [2.24, 2.45) is 0 Å². The molecular formula is C19H32N2O3Si. The Labute approximate surface area is 152 Å². The normalized spacial score (nSPS) is 15.5. The Morgan fingerprint density at radius 2 is 1.88 bits per heavy atom. The summed E-state index contributed by atoms with van der Waals surface area (Å²) in [5.41, 5.74) is 2.22. The summed E-state index contributed by atoms with van der Waals surface area (Å²) in [5.74, 6) is -0.364. The third-order valence-corrected chi connectivity index (χ3v) is 9.68. The molecule has 0 unspecified atom stereocenters. The molecular weight excluding hydrogens is 332 g/mol. The first-order valence-electron chi connectivity index (χ1n) is 9.21. The first-order chi connectivity index (χ1) is 11.6. The Morgan fingerprint density at radius 1 is 1.24 bits per heavy atom. The van der Waals surface area contributed by atoms with Gasteiger partial charge < -0.3 is 14.1 Å². The quantitative estimate of drug-likeness (QED) is 0.554. The summed E-state index contributed by atoms with van der Waals surface area (Å²) in [4.78, 5) is 19.0. The first-order valence-corrected chi connectivity index (χ1v) is 12.1. The number of aromatic nitrogens is 1. The number of ether oxygens (including phenoxy) is 1. The van der Waals surface area contributed by atoms with Gasteiger partial charge in [-0.3, -0.25) is 0 Å². The second-order valence-corrected chi connectivity index (χ2v) is 13.0. The second kappa shape index (κ2) is 7.87. The number of rotatable bonds is 6. The number of carbonyl (C=O) groups is 1. The van der Waals surface area contributed by atoms with Crippen LogP contribution in [0.2, 0.25) is 18.1 Å². The SMILES string of the molecule is CCOC(=O)c1cc(N2CCCC2)cc(CO[Si](C)(C)C(C)(C)C)n1. The van der Waals surface area contributed by atoms with Gasteiger partial charge in [0.15, 0.2) is 14.0 Å². The Kier molecular flexibility index (Phi) is 6.27. The van der Waals surface area contributed by atoms with Gasteiger partial charge >= 0.3 is 5.97 Å². The van der Waals surface area contributed by atoms with Crippen molar-refractivity contribution in [2.75, 3.05) is 24.6 Å². The van der Waals surface area contributed by atoms with Crippen LogP contribution in [0.15, 0.2) is 12.1 Å². The van der Waals surface area contributed by atoms with Crippen LogP contribution >= 0.6 is 0 Å². The van der Waals surface area contributed by atoms with Crippen LogP contribution in [0.5, 0.6) is 0 Å². The van der Waals surface area contributed by atoms with Crippen LogP contribution in [-0.4, -0.2) is 39.0 Å². The Hall–Kier alpha value is -1.40. The zero-order valence-corrected chi connectivity index (χ0v) is 17.5. The van der Waals surface area contributed by atoms with Gasteiger partial charge in [-0.25, -0.2) is 9.78 Å². The standard InChI is InChI=1S/C19H32N2O3Si/c1-7-23-18(22)17-13-16(21-10-8-9-11-21)12-15(20-17)14-24-25(5,6)19(2,3)4/h12-13H,7-11,14H2,1-6H3. The molecule has 0 aromatic carbocycles. The molecule has 2 heterocycles. The molecule has 0 N–H and O–H groups in total. The van der Waals surface area contributed by atoms with Crippen molar-refractivity contribution >= 4 is 20.0 Å². The minimum atomic E-state index is -1.87. The molecule has 140 valence electrons. The molecule has 1 aliphatic rings. The molecule has 0 atom stereocenters. The van der Waals surface area contributed by atoms with E-state index in [1.165, 1.54) is 12.8 Å². The number of hydrogen-bond acceptors (Lipinski definition) is 5. The molecule has 0 aliphatic carbocycles. The molecule has 1 fully saturated rings. The van der Waals surface area contributed by atoms with Crippen LogP contribution < -0.4 is 4.90 Å². The molecule has 0 saturated carbocycles. The highest BCUT2D eigenvalue weighted by molar-refractivity contribution is 6.74. The predicted octanol–water partition coefficient (Wildman–Crippen LogP) is 4.38. The van der Waals surface area contributed by atoms with Gasteiger partial charge in [0, 0.05) is 18.8 Å². The number of pyridine rings is 1. The van der Waals surface area contributed by atoms with Gasteiger partial charge in [-0.1, -0.05) is 20.8 Å². The number of anilines is 1. The van der Waals surface area contributed by atoms with E-state index in [0.717, 1.165) is 24.5 Å². The lowest BCUT2D eigenvalue weighted by Crippen LogP contribution is -2.40. The maximum atomic E-state index is 12.2. The van der Waals surface area contributed by atoms with Crippen molar-refractivity contribution in [1.29, 1.82) is 0 Å². The van der Waals surface area contributed by atoms with Crippen LogP contribution in [0, 0.1) is 0 Å². The van der Waals surface area contributed by atoms with Gasteiger partial charge in [0.05, 0.1) is 18.9 Å². The first kappa shape index (κ1) is 19.9. The van der Waals surface area contributed by atoms with Crippen molar-refractivity contribution in [2.45, 2.75) is 65.3 Å². The van der Waals surface area contributed by atoms with Crippen molar-refractivity contribution in [3.63, 3.8) is 0 Å². The van der Waals surface area contributed by atoms with E-state index in [2.05, 4.69) is 49.8 Å². The van der Waals surface area contributed by atoms with Crippen molar-refractivity contribution in [1.82, 2.24) is 4.98 Å². The fraction of sp³-hybridized carbons (Fsp3) is 0.684. The molecule has 1 aromatic heterocycles. The van der Waals surface area contributed by atoms with E-state index in [9.17, 15) is 4.79 Å². The van der Waals surface area contributed by atoms with E-state index in [1.54, 1.807) is 0 Å². The summed E-state index contributed by atoms with van der Waals surface area (Å²) in [6.45, 7) is 15.8. The van der Waals surface area contributed by atoms with Gasteiger partial charge in [-0.05, 0) is 50.0 Å². The molecule has 6 heteroatoms. The third kappa shape index (κ3) is 5.04. The lowest BCUT2D eigenvalue weighted by Gasteiger charge is -2.36. The fourth-order valence-corrected chi connectivity index (χ4v) is 3.53. The van der Waals surface area contributed by atoms with E-state index in [0.29, 0.717) is 18.9 Å². The van der Waals surface area contributed by atoms with Gasteiger partial charge in [-0.15, -0.1) is 0 Å². The van der Waals surface area contributed by atoms with E-state index >= 15 is 0 Å². The highest BCUT2D eigenvalue weighted by Crippen LogP contribution is 2.37. The topological polar surface area (TPSA) is 51.7 Å². The summed E-state index contributed by atoms with van der Waals surface area (Å²) >= 11 is 0. The molecule has 1 saturated heterocycles. The number of hydrogen-bond donors (Lipinski definition) is 0. The van der Waals surface area contributed by atoms with Crippen molar-refractivity contribution in [3.05, 3.63) is 23.5 Å². The lowest BCUT2D eigenvalue weighted by atomic mass is 10.2. The summed E-state index contributed by atoms with van der Waals surface area (Å²) in [6, 6.07) is 3.90. The average Bonchev–Trinajstić information content (AvgIpc) is 3.06. The fourth-order valence-electron chi connectivity index (χ4n) is 2.58. The maximum absolute atomic E-state index is 12.2. The summed E-state index contributed by atoms with van der Waals surface area (Å²) < 4.78 is 11.4. The molecule has 5 nitrogen and oxygen atoms in total. The molecule has 2 rings (SSSR count). The van der Waals surface area contributed by atoms with Crippen molar-refractivity contribution in [3.8, 4) is 0 Å². The smallest absolute Gasteiger partial charge is 0.356 e. The molecule has 0 spiro atoms. The summed E-state index contributed by atoms with van der Waals surface area (Å²) in [6.07, 6.45) is 2.37. The highest BCUT2D eigenvalue weighted by Gasteiger charge is 2.37. The minimum absolute atomic E-state index is 0.142. The van der Waals surface area contributed by atoms with Crippen LogP contribution in [0.3, 0.4) is 0 Å². The zero-order valence-electron chi connectivity index (χ0n) is 16.5. The van der Waals surface area contributed by atoms with Crippen molar-refractivity contribution < 1.29 is 14.0 Å². The van der Waals surface area contributed by atoms with Gasteiger partial charge in [0.1, 0.15) is 0 Å². The Bertz CT molecular complexity index is 605.